The number of aliphatic carboxylic acids is 1. The van der Waals surface area contributed by atoms with Crippen LogP contribution < -0.4 is 0 Å². The van der Waals surface area contributed by atoms with Crippen molar-refractivity contribution < 1.29 is 43.9 Å². The summed E-state index contributed by atoms with van der Waals surface area (Å²) < 4.78 is 21.9. The highest BCUT2D eigenvalue weighted by Gasteiger charge is 2.50. The maximum atomic E-state index is 12.1. The molecule has 0 spiro atoms. The van der Waals surface area contributed by atoms with Gasteiger partial charge in [-0.3, -0.25) is 9.59 Å². The maximum absolute atomic E-state index is 12.1. The molecule has 0 bridgehead atoms. The number of hydrogen-bond acceptors (Lipinski definition) is 8. The van der Waals surface area contributed by atoms with Crippen molar-refractivity contribution in [1.29, 1.82) is 0 Å². The Bertz CT molecular complexity index is 495. The molecule has 0 radical (unpaired) electrons. The molecule has 0 aromatic heterocycles. The Morgan fingerprint density at radius 1 is 1.15 bits per heavy atom. The third-order valence-electron chi connectivity index (χ3n) is 4.79. The summed E-state index contributed by atoms with van der Waals surface area (Å²) in [6.07, 6.45) is -2.53. The van der Waals surface area contributed by atoms with Crippen molar-refractivity contribution in [3.8, 4) is 0 Å². The van der Waals surface area contributed by atoms with Crippen LogP contribution in [0, 0.1) is 11.8 Å². The Morgan fingerprint density at radius 3 is 2.41 bits per heavy atom. The van der Waals surface area contributed by atoms with Gasteiger partial charge in [-0.25, -0.2) is 0 Å². The molecule has 2 rings (SSSR count). The smallest absolute Gasteiger partial charge is 0.311 e. The zero-order valence-corrected chi connectivity index (χ0v) is 15.8. The van der Waals surface area contributed by atoms with E-state index in [1.54, 1.807) is 0 Å². The minimum atomic E-state index is -1.23. The monoisotopic (exact) mass is 390 g/mol. The quantitative estimate of drug-likeness (QED) is 0.396. The molecule has 6 atom stereocenters. The summed E-state index contributed by atoms with van der Waals surface area (Å²) in [6.45, 7) is 3.42. The van der Waals surface area contributed by atoms with E-state index in [1.807, 2.05) is 0 Å². The lowest BCUT2D eigenvalue weighted by Crippen LogP contribution is -2.60. The summed E-state index contributed by atoms with van der Waals surface area (Å²) in [7, 11) is 0. The number of aliphatic hydroxyl groups excluding tert-OH is 2. The first-order chi connectivity index (χ1) is 12.8. The third-order valence-corrected chi connectivity index (χ3v) is 4.79. The van der Waals surface area contributed by atoms with Crippen LogP contribution >= 0.6 is 0 Å². The fraction of sp³-hybridized carbons (Fsp3) is 0.889. The number of carbonyl (C=O) groups excluding carboxylic acids is 1. The topological polar surface area (TPSA) is 132 Å². The number of fused-ring (bicyclic) bond motifs is 1. The molecular weight excluding hydrogens is 360 g/mol. The lowest BCUT2D eigenvalue weighted by molar-refractivity contribution is -0.301. The van der Waals surface area contributed by atoms with Crippen LogP contribution in [0.1, 0.15) is 39.5 Å². The molecule has 2 aliphatic rings. The zero-order chi connectivity index (χ0) is 20.0. The summed E-state index contributed by atoms with van der Waals surface area (Å²) in [5.41, 5.74) is 0. The van der Waals surface area contributed by atoms with Gasteiger partial charge in [0.25, 0.3) is 0 Å². The van der Waals surface area contributed by atoms with Gasteiger partial charge in [0, 0.05) is 6.42 Å². The number of rotatable bonds is 8. The Hall–Kier alpha value is -1.26. The standard InChI is InChI=1S/C18H30O9/c1-10(2)5-3-4-6-13(20)27-18-16-15(14(21)12(7-19)26-18)24-8-11(9-25-16)17(22)23/h10-12,14-16,18-19,21H,3-9H2,1-2H3,(H,22,23). The summed E-state index contributed by atoms with van der Waals surface area (Å²) in [4.78, 5) is 23.3. The number of carbonyl (C=O) groups is 2. The molecule has 0 saturated carbocycles. The van der Waals surface area contributed by atoms with E-state index in [4.69, 9.17) is 24.1 Å². The maximum Gasteiger partial charge on any atom is 0.311 e. The van der Waals surface area contributed by atoms with Crippen LogP contribution in [0.15, 0.2) is 0 Å². The van der Waals surface area contributed by atoms with E-state index in [-0.39, 0.29) is 19.6 Å². The SMILES string of the molecule is CC(C)CCCCC(=O)OC1OC(CO)C(O)C2OCC(C(=O)O)COC12. The second kappa shape index (κ2) is 10.3. The molecule has 3 N–H and O–H groups in total. The normalized spacial score (nSPS) is 34.0. The molecule has 2 saturated heterocycles. The van der Waals surface area contributed by atoms with Gasteiger partial charge in [-0.05, 0) is 12.3 Å². The van der Waals surface area contributed by atoms with Gasteiger partial charge in [0.05, 0.1) is 19.8 Å². The van der Waals surface area contributed by atoms with E-state index in [1.165, 1.54) is 0 Å². The molecule has 9 heteroatoms. The van der Waals surface area contributed by atoms with Crippen LogP contribution in [0.25, 0.3) is 0 Å². The van der Waals surface area contributed by atoms with Crippen molar-refractivity contribution in [3.63, 3.8) is 0 Å². The van der Waals surface area contributed by atoms with Gasteiger partial charge in [0.2, 0.25) is 6.29 Å². The highest BCUT2D eigenvalue weighted by molar-refractivity contribution is 5.70. The van der Waals surface area contributed by atoms with Crippen molar-refractivity contribution >= 4 is 11.9 Å². The third kappa shape index (κ3) is 6.11. The van der Waals surface area contributed by atoms with Crippen LogP contribution in [-0.2, 0) is 28.5 Å². The number of carboxylic acid groups (broad SMARTS) is 1. The van der Waals surface area contributed by atoms with Crippen LogP contribution in [0.4, 0.5) is 0 Å². The van der Waals surface area contributed by atoms with Crippen LogP contribution in [0.5, 0.6) is 0 Å². The van der Waals surface area contributed by atoms with E-state index >= 15 is 0 Å². The Labute approximate surface area is 158 Å². The number of unbranched alkanes of at least 4 members (excludes halogenated alkanes) is 1. The van der Waals surface area contributed by atoms with Gasteiger partial charge < -0.3 is 34.3 Å². The van der Waals surface area contributed by atoms with Gasteiger partial charge in [-0.1, -0.05) is 26.7 Å². The molecule has 6 unspecified atom stereocenters. The second-order valence-electron chi connectivity index (χ2n) is 7.48. The van der Waals surface area contributed by atoms with E-state index in [9.17, 15) is 19.8 Å². The van der Waals surface area contributed by atoms with E-state index in [0.717, 1.165) is 12.8 Å². The molecule has 27 heavy (non-hydrogen) atoms. The van der Waals surface area contributed by atoms with Crippen molar-refractivity contribution in [3.05, 3.63) is 0 Å². The minimum absolute atomic E-state index is 0.151. The summed E-state index contributed by atoms with van der Waals surface area (Å²) in [6, 6.07) is 0. The van der Waals surface area contributed by atoms with Gasteiger partial charge >= 0.3 is 11.9 Å². The highest BCUT2D eigenvalue weighted by atomic mass is 16.7. The fourth-order valence-electron chi connectivity index (χ4n) is 3.16. The molecule has 2 fully saturated rings. The molecule has 2 aliphatic heterocycles. The summed E-state index contributed by atoms with van der Waals surface area (Å²) >= 11 is 0. The predicted octanol–water partition coefficient (Wildman–Crippen LogP) is 0.309. The first kappa shape index (κ1) is 22.0. The van der Waals surface area contributed by atoms with E-state index < -0.39 is 55.2 Å². The average molecular weight is 390 g/mol. The van der Waals surface area contributed by atoms with Gasteiger partial charge in [0.15, 0.2) is 0 Å². The summed E-state index contributed by atoms with van der Waals surface area (Å²) in [5.74, 6) is -1.89. The van der Waals surface area contributed by atoms with Crippen molar-refractivity contribution in [1.82, 2.24) is 0 Å². The molecule has 9 nitrogen and oxygen atoms in total. The average Bonchev–Trinajstić information content (AvgIpc) is 2.84. The zero-order valence-electron chi connectivity index (χ0n) is 15.8. The van der Waals surface area contributed by atoms with Gasteiger partial charge in [-0.15, -0.1) is 0 Å². The molecule has 0 aliphatic carbocycles. The fourth-order valence-corrected chi connectivity index (χ4v) is 3.16. The first-order valence-corrected chi connectivity index (χ1v) is 9.43. The Morgan fingerprint density at radius 2 is 1.81 bits per heavy atom. The highest BCUT2D eigenvalue weighted by Crippen LogP contribution is 2.30. The van der Waals surface area contributed by atoms with E-state index in [2.05, 4.69) is 13.8 Å². The van der Waals surface area contributed by atoms with Crippen molar-refractivity contribution in [2.75, 3.05) is 19.8 Å². The van der Waals surface area contributed by atoms with E-state index in [0.29, 0.717) is 12.3 Å². The number of esters is 1. The van der Waals surface area contributed by atoms with Crippen LogP contribution in [0.3, 0.4) is 0 Å². The molecule has 2 heterocycles. The van der Waals surface area contributed by atoms with Crippen LogP contribution in [-0.4, -0.2) is 77.8 Å². The number of aliphatic hydroxyl groups is 2. The first-order valence-electron chi connectivity index (χ1n) is 9.43. The molecule has 0 amide bonds. The van der Waals surface area contributed by atoms with Crippen LogP contribution in [0.2, 0.25) is 0 Å². The Kier molecular flexibility index (Phi) is 8.43. The largest absolute Gasteiger partial charge is 0.481 e. The minimum Gasteiger partial charge on any atom is -0.481 e. The van der Waals surface area contributed by atoms with Crippen molar-refractivity contribution in [2.45, 2.75) is 70.2 Å². The van der Waals surface area contributed by atoms with Gasteiger partial charge in [-0.2, -0.15) is 0 Å². The van der Waals surface area contributed by atoms with Crippen molar-refractivity contribution in [2.24, 2.45) is 11.8 Å². The lowest BCUT2D eigenvalue weighted by atomic mass is 9.99. The number of ether oxygens (including phenoxy) is 4. The molecule has 156 valence electrons. The lowest BCUT2D eigenvalue weighted by Gasteiger charge is -2.42. The number of hydrogen-bond donors (Lipinski definition) is 3. The predicted molar refractivity (Wildman–Crippen MR) is 91.8 cm³/mol. The molecule has 0 aromatic carbocycles. The number of carboxylic acids is 1. The molecule has 0 aromatic rings. The van der Waals surface area contributed by atoms with Gasteiger partial charge in [0.1, 0.15) is 30.3 Å². The molecular formula is C18H30O9. The Balaban J connectivity index is 1.98. The summed E-state index contributed by atoms with van der Waals surface area (Å²) in [5, 5.41) is 28.9. The second-order valence-corrected chi connectivity index (χ2v) is 7.48.